The van der Waals surface area contributed by atoms with Gasteiger partial charge in [0.2, 0.25) is 5.91 Å². The van der Waals surface area contributed by atoms with Gasteiger partial charge in [-0.15, -0.1) is 0 Å². The zero-order chi connectivity index (χ0) is 19.4. The van der Waals surface area contributed by atoms with Crippen molar-refractivity contribution in [3.63, 3.8) is 0 Å². The van der Waals surface area contributed by atoms with E-state index in [9.17, 15) is 15.0 Å². The Labute approximate surface area is 158 Å². The van der Waals surface area contributed by atoms with Crippen LogP contribution < -0.4 is 5.32 Å². The molecule has 4 rings (SSSR count). The van der Waals surface area contributed by atoms with E-state index >= 15 is 0 Å². The highest BCUT2D eigenvalue weighted by molar-refractivity contribution is 6.02. The lowest BCUT2D eigenvalue weighted by Gasteiger charge is -2.16. The first-order valence-electron chi connectivity index (χ1n) is 9.16. The number of carbonyl (C=O) groups excluding carboxylic acids is 1. The summed E-state index contributed by atoms with van der Waals surface area (Å²) in [7, 11) is 0. The molecule has 0 atom stereocenters. The molecule has 0 unspecified atom stereocenters. The lowest BCUT2D eigenvalue weighted by molar-refractivity contribution is -0.118. The predicted molar refractivity (Wildman–Crippen MR) is 106 cm³/mol. The van der Waals surface area contributed by atoms with E-state index in [1.165, 1.54) is 12.1 Å². The number of aromatic hydroxyl groups is 2. The number of hydrogen-bond donors (Lipinski definition) is 4. The molecule has 0 aliphatic heterocycles. The topological polar surface area (TPSA) is 85.3 Å². The Bertz CT molecular complexity index is 1040. The zero-order valence-electron chi connectivity index (χ0n) is 15.8. The SMILES string of the molecule is CC(C)(C)c1cc2ccc(NC(=O)C3(c4ccc(O)c(O)c4)CC3)cc2[nH]1. The summed E-state index contributed by atoms with van der Waals surface area (Å²) in [6.07, 6.45) is 1.45. The summed E-state index contributed by atoms with van der Waals surface area (Å²) in [4.78, 5) is 16.4. The minimum absolute atomic E-state index is 0.0291. The fourth-order valence-corrected chi connectivity index (χ4v) is 3.45. The summed E-state index contributed by atoms with van der Waals surface area (Å²) in [5.41, 5.74) is 3.01. The highest BCUT2D eigenvalue weighted by Crippen LogP contribution is 2.50. The van der Waals surface area contributed by atoms with E-state index in [1.54, 1.807) is 6.07 Å². The van der Waals surface area contributed by atoms with E-state index in [0.29, 0.717) is 0 Å². The highest BCUT2D eigenvalue weighted by Gasteiger charge is 2.51. The molecule has 0 bridgehead atoms. The average molecular weight is 364 g/mol. The molecule has 0 spiro atoms. The maximum absolute atomic E-state index is 12.9. The number of rotatable bonds is 3. The number of phenols is 2. The molecule has 1 aliphatic carbocycles. The normalized spacial score (nSPS) is 15.7. The number of fused-ring (bicyclic) bond motifs is 1. The molecule has 3 aromatic rings. The predicted octanol–water partition coefficient (Wildman–Crippen LogP) is 4.55. The van der Waals surface area contributed by atoms with Crippen molar-refractivity contribution in [2.45, 2.75) is 44.4 Å². The Morgan fingerprint density at radius 1 is 1.04 bits per heavy atom. The van der Waals surface area contributed by atoms with Gasteiger partial charge in [-0.2, -0.15) is 0 Å². The van der Waals surface area contributed by atoms with Gasteiger partial charge in [-0.1, -0.05) is 32.9 Å². The van der Waals surface area contributed by atoms with E-state index in [4.69, 9.17) is 0 Å². The van der Waals surface area contributed by atoms with Crippen LogP contribution in [0.4, 0.5) is 5.69 Å². The van der Waals surface area contributed by atoms with Crippen LogP contribution in [0.1, 0.15) is 44.9 Å². The zero-order valence-corrected chi connectivity index (χ0v) is 15.8. The second-order valence-corrected chi connectivity index (χ2v) is 8.47. The molecule has 1 saturated carbocycles. The second-order valence-electron chi connectivity index (χ2n) is 8.47. The van der Waals surface area contributed by atoms with Gasteiger partial charge in [0.1, 0.15) is 0 Å². The van der Waals surface area contributed by atoms with Crippen LogP contribution in [0.15, 0.2) is 42.5 Å². The monoisotopic (exact) mass is 364 g/mol. The molecule has 1 aliphatic rings. The van der Waals surface area contributed by atoms with Crippen LogP contribution in [0.3, 0.4) is 0 Å². The lowest BCUT2D eigenvalue weighted by atomic mass is 9.92. The van der Waals surface area contributed by atoms with Gasteiger partial charge in [0.15, 0.2) is 11.5 Å². The van der Waals surface area contributed by atoms with Crippen molar-refractivity contribution in [3.05, 3.63) is 53.7 Å². The first-order chi connectivity index (χ1) is 12.7. The van der Waals surface area contributed by atoms with Crippen molar-refractivity contribution in [1.29, 1.82) is 0 Å². The maximum atomic E-state index is 12.9. The van der Waals surface area contributed by atoms with Crippen molar-refractivity contribution < 1.29 is 15.0 Å². The number of benzene rings is 2. The van der Waals surface area contributed by atoms with E-state index in [-0.39, 0.29) is 22.8 Å². The Kier molecular flexibility index (Phi) is 3.74. The third-order valence-electron chi connectivity index (χ3n) is 5.40. The molecule has 1 fully saturated rings. The number of H-pyrrole nitrogens is 1. The molecule has 1 amide bonds. The van der Waals surface area contributed by atoms with Gasteiger partial charge in [0.05, 0.1) is 5.41 Å². The molecule has 0 radical (unpaired) electrons. The standard InChI is InChI=1S/C22H24N2O3/c1-21(2,3)19-10-13-4-6-15(12-16(13)24-19)23-20(27)22(8-9-22)14-5-7-17(25)18(26)11-14/h4-7,10-12,24-26H,8-9H2,1-3H3,(H,23,27). The number of phenolic OH excluding ortho intramolecular Hbond substituents is 2. The van der Waals surface area contributed by atoms with Gasteiger partial charge in [-0.05, 0) is 54.1 Å². The minimum atomic E-state index is -0.632. The number of anilines is 1. The number of nitrogens with one attached hydrogen (secondary N) is 2. The Hall–Kier alpha value is -2.95. The van der Waals surface area contributed by atoms with Crippen molar-refractivity contribution in [1.82, 2.24) is 4.98 Å². The lowest BCUT2D eigenvalue weighted by Crippen LogP contribution is -2.27. The quantitative estimate of drug-likeness (QED) is 0.515. The first kappa shape index (κ1) is 17.5. The van der Waals surface area contributed by atoms with Crippen molar-refractivity contribution in [2.24, 2.45) is 0 Å². The molecule has 5 nitrogen and oxygen atoms in total. The van der Waals surface area contributed by atoms with Crippen molar-refractivity contribution in [2.75, 3.05) is 5.32 Å². The van der Waals surface area contributed by atoms with E-state index in [1.807, 2.05) is 18.2 Å². The molecular weight excluding hydrogens is 340 g/mol. The van der Waals surface area contributed by atoms with Gasteiger partial charge in [-0.3, -0.25) is 4.79 Å². The second kappa shape index (κ2) is 5.78. The highest BCUT2D eigenvalue weighted by atomic mass is 16.3. The number of hydrogen-bond acceptors (Lipinski definition) is 3. The van der Waals surface area contributed by atoms with Crippen LogP contribution in [0, 0.1) is 0 Å². The van der Waals surface area contributed by atoms with Crippen LogP contribution in [-0.2, 0) is 15.6 Å². The van der Waals surface area contributed by atoms with Crippen LogP contribution in [0.2, 0.25) is 0 Å². The van der Waals surface area contributed by atoms with E-state index < -0.39 is 5.41 Å². The molecule has 1 heterocycles. The van der Waals surface area contributed by atoms with Crippen molar-refractivity contribution in [3.8, 4) is 11.5 Å². The van der Waals surface area contributed by atoms with Crippen LogP contribution in [0.25, 0.3) is 10.9 Å². The summed E-state index contributed by atoms with van der Waals surface area (Å²) in [6, 6.07) is 12.6. The van der Waals surface area contributed by atoms with Gasteiger partial charge in [0, 0.05) is 22.3 Å². The number of carbonyl (C=O) groups is 1. The molecular formula is C22H24N2O3. The van der Waals surface area contributed by atoms with E-state index in [2.05, 4.69) is 37.1 Å². The Morgan fingerprint density at radius 3 is 2.41 bits per heavy atom. The van der Waals surface area contributed by atoms with Crippen molar-refractivity contribution >= 4 is 22.5 Å². The average Bonchev–Trinajstić information content (AvgIpc) is 3.29. The third-order valence-corrected chi connectivity index (χ3v) is 5.40. The molecule has 27 heavy (non-hydrogen) atoms. The smallest absolute Gasteiger partial charge is 0.235 e. The maximum Gasteiger partial charge on any atom is 0.235 e. The van der Waals surface area contributed by atoms with Crippen LogP contribution in [-0.4, -0.2) is 21.1 Å². The summed E-state index contributed by atoms with van der Waals surface area (Å²) in [6.45, 7) is 6.47. The van der Waals surface area contributed by atoms with E-state index in [0.717, 1.165) is 40.7 Å². The minimum Gasteiger partial charge on any atom is -0.504 e. The summed E-state index contributed by atoms with van der Waals surface area (Å²) in [5, 5.41) is 23.4. The molecule has 1 aromatic heterocycles. The third kappa shape index (κ3) is 3.03. The van der Waals surface area contributed by atoms with Gasteiger partial charge in [0.25, 0.3) is 0 Å². The van der Waals surface area contributed by atoms with Gasteiger partial charge >= 0.3 is 0 Å². The molecule has 140 valence electrons. The fraction of sp³-hybridized carbons (Fsp3) is 0.318. The largest absolute Gasteiger partial charge is 0.504 e. The molecule has 2 aromatic carbocycles. The van der Waals surface area contributed by atoms with Gasteiger partial charge in [-0.25, -0.2) is 0 Å². The molecule has 0 saturated heterocycles. The summed E-state index contributed by atoms with van der Waals surface area (Å²) < 4.78 is 0. The Balaban J connectivity index is 1.60. The van der Waals surface area contributed by atoms with Crippen LogP contribution >= 0.6 is 0 Å². The summed E-state index contributed by atoms with van der Waals surface area (Å²) in [5.74, 6) is -0.467. The van der Waals surface area contributed by atoms with Crippen LogP contribution in [0.5, 0.6) is 11.5 Å². The number of aromatic nitrogens is 1. The Morgan fingerprint density at radius 2 is 1.78 bits per heavy atom. The number of amides is 1. The fourth-order valence-electron chi connectivity index (χ4n) is 3.45. The van der Waals surface area contributed by atoms with Gasteiger partial charge < -0.3 is 20.5 Å². The molecule has 5 heteroatoms. The first-order valence-corrected chi connectivity index (χ1v) is 9.16. The molecule has 4 N–H and O–H groups in total. The summed E-state index contributed by atoms with van der Waals surface area (Å²) >= 11 is 0. The number of aromatic amines is 1.